The molecule has 1 aliphatic heterocycles. The first-order valence-electron chi connectivity index (χ1n) is 7.57. The number of benzene rings is 1. The van der Waals surface area contributed by atoms with Crippen LogP contribution in [0.2, 0.25) is 0 Å². The fourth-order valence-electron chi connectivity index (χ4n) is 2.78. The summed E-state index contributed by atoms with van der Waals surface area (Å²) in [6.45, 7) is 6.54. The van der Waals surface area contributed by atoms with Crippen LogP contribution in [-0.4, -0.2) is 29.1 Å². The second kappa shape index (κ2) is 6.31. The molecule has 2 heterocycles. The molecule has 112 valence electrons. The Kier molecular flexibility index (Phi) is 4.25. The van der Waals surface area contributed by atoms with Gasteiger partial charge in [0.15, 0.2) is 0 Å². The number of hydrogen-bond donors (Lipinski definition) is 0. The maximum absolute atomic E-state index is 5.89. The molecule has 1 aliphatic rings. The van der Waals surface area contributed by atoms with Gasteiger partial charge in [0.1, 0.15) is 18.1 Å². The Morgan fingerprint density at radius 1 is 1.29 bits per heavy atom. The summed E-state index contributed by atoms with van der Waals surface area (Å²) in [5.74, 6) is 2.67. The molecule has 0 amide bonds. The zero-order valence-electron chi connectivity index (χ0n) is 12.7. The van der Waals surface area contributed by atoms with Crippen LogP contribution in [0.25, 0.3) is 0 Å². The van der Waals surface area contributed by atoms with E-state index < -0.39 is 0 Å². The number of aromatic nitrogens is 1. The molecule has 2 aromatic rings. The maximum Gasteiger partial charge on any atom is 0.208 e. The summed E-state index contributed by atoms with van der Waals surface area (Å²) in [4.78, 5) is 6.89. The average molecular weight is 286 g/mol. The Morgan fingerprint density at radius 2 is 2.10 bits per heavy atom. The molecule has 1 aromatic heterocycles. The number of rotatable bonds is 5. The highest BCUT2D eigenvalue weighted by Crippen LogP contribution is 2.22. The molecule has 4 heteroatoms. The molecule has 3 rings (SSSR count). The Hall–Kier alpha value is -1.81. The van der Waals surface area contributed by atoms with E-state index in [1.165, 1.54) is 12.8 Å². The monoisotopic (exact) mass is 286 g/mol. The molecule has 21 heavy (non-hydrogen) atoms. The van der Waals surface area contributed by atoms with Crippen molar-refractivity contribution in [1.82, 2.24) is 9.88 Å². The summed E-state index contributed by atoms with van der Waals surface area (Å²) in [6.07, 6.45) is 2.38. The van der Waals surface area contributed by atoms with Crippen molar-refractivity contribution in [2.75, 3.05) is 13.2 Å². The standard InChI is InChI=1S/C17H22N2O2/c1-13-14(2)21-17(18-13)11-19-10-6-7-15(19)12-20-16-8-4-3-5-9-16/h3-5,8-9,15H,6-7,10-12H2,1-2H3/t15-/m1/s1. The summed E-state index contributed by atoms with van der Waals surface area (Å²) in [5, 5.41) is 0. The van der Waals surface area contributed by atoms with E-state index in [-0.39, 0.29) is 0 Å². The van der Waals surface area contributed by atoms with Crippen molar-refractivity contribution in [2.45, 2.75) is 39.3 Å². The molecule has 1 fully saturated rings. The van der Waals surface area contributed by atoms with Crippen LogP contribution in [0.5, 0.6) is 5.75 Å². The molecular formula is C17H22N2O2. The molecule has 0 radical (unpaired) electrons. The minimum Gasteiger partial charge on any atom is -0.492 e. The third-order valence-corrected chi connectivity index (χ3v) is 4.10. The molecule has 0 spiro atoms. The topological polar surface area (TPSA) is 38.5 Å². The normalized spacial score (nSPS) is 19.0. The lowest BCUT2D eigenvalue weighted by Crippen LogP contribution is -2.33. The summed E-state index contributed by atoms with van der Waals surface area (Å²) in [5.41, 5.74) is 0.987. The van der Waals surface area contributed by atoms with Crippen LogP contribution in [0, 0.1) is 13.8 Å². The minimum absolute atomic E-state index is 0.442. The van der Waals surface area contributed by atoms with E-state index in [1.807, 2.05) is 44.2 Å². The average Bonchev–Trinajstić information content (AvgIpc) is 3.05. The highest BCUT2D eigenvalue weighted by atomic mass is 16.5. The van der Waals surface area contributed by atoms with Gasteiger partial charge in [-0.1, -0.05) is 18.2 Å². The highest BCUT2D eigenvalue weighted by Gasteiger charge is 2.26. The number of oxazole rings is 1. The summed E-state index contributed by atoms with van der Waals surface area (Å²) >= 11 is 0. The van der Waals surface area contributed by atoms with Gasteiger partial charge in [0.2, 0.25) is 5.89 Å². The quantitative estimate of drug-likeness (QED) is 0.845. The van der Waals surface area contributed by atoms with E-state index in [1.54, 1.807) is 0 Å². The number of likely N-dealkylation sites (tertiary alicyclic amines) is 1. The van der Waals surface area contributed by atoms with Crippen LogP contribution in [0.1, 0.15) is 30.2 Å². The molecule has 1 atom stereocenters. The fraction of sp³-hybridized carbons (Fsp3) is 0.471. The Morgan fingerprint density at radius 3 is 2.81 bits per heavy atom. The lowest BCUT2D eigenvalue weighted by molar-refractivity contribution is 0.156. The molecule has 1 saturated heterocycles. The van der Waals surface area contributed by atoms with E-state index in [0.29, 0.717) is 6.04 Å². The summed E-state index contributed by atoms with van der Waals surface area (Å²) < 4.78 is 11.6. The zero-order valence-corrected chi connectivity index (χ0v) is 12.7. The Balaban J connectivity index is 1.57. The van der Waals surface area contributed by atoms with Gasteiger partial charge in [0, 0.05) is 6.04 Å². The second-order valence-electron chi connectivity index (χ2n) is 5.64. The molecule has 0 bridgehead atoms. The van der Waals surface area contributed by atoms with E-state index in [4.69, 9.17) is 9.15 Å². The third-order valence-electron chi connectivity index (χ3n) is 4.10. The van der Waals surface area contributed by atoms with Gasteiger partial charge in [-0.05, 0) is 45.4 Å². The van der Waals surface area contributed by atoms with Gasteiger partial charge in [-0.3, -0.25) is 4.90 Å². The molecule has 4 nitrogen and oxygen atoms in total. The molecule has 1 aromatic carbocycles. The highest BCUT2D eigenvalue weighted by molar-refractivity contribution is 5.21. The van der Waals surface area contributed by atoms with Crippen LogP contribution in [0.4, 0.5) is 0 Å². The van der Waals surface area contributed by atoms with Gasteiger partial charge in [-0.15, -0.1) is 0 Å². The van der Waals surface area contributed by atoms with Gasteiger partial charge in [-0.25, -0.2) is 4.98 Å². The molecule has 0 aliphatic carbocycles. The predicted octanol–water partition coefficient (Wildman–Crippen LogP) is 3.33. The van der Waals surface area contributed by atoms with Crippen molar-refractivity contribution < 1.29 is 9.15 Å². The summed E-state index contributed by atoms with van der Waals surface area (Å²) in [7, 11) is 0. The number of para-hydroxylation sites is 1. The SMILES string of the molecule is Cc1nc(CN2CCC[C@@H]2COc2ccccc2)oc1C. The van der Waals surface area contributed by atoms with Gasteiger partial charge in [0.25, 0.3) is 0 Å². The van der Waals surface area contributed by atoms with Gasteiger partial charge in [-0.2, -0.15) is 0 Å². The number of nitrogens with zero attached hydrogens (tertiary/aromatic N) is 2. The molecule has 0 N–H and O–H groups in total. The molecule has 0 unspecified atom stereocenters. The first-order valence-corrected chi connectivity index (χ1v) is 7.57. The van der Waals surface area contributed by atoms with Crippen LogP contribution >= 0.6 is 0 Å². The maximum atomic E-state index is 5.89. The molecular weight excluding hydrogens is 264 g/mol. The van der Waals surface area contributed by atoms with E-state index in [9.17, 15) is 0 Å². The zero-order chi connectivity index (χ0) is 14.7. The number of hydrogen-bond acceptors (Lipinski definition) is 4. The van der Waals surface area contributed by atoms with Crippen molar-refractivity contribution in [3.8, 4) is 5.75 Å². The van der Waals surface area contributed by atoms with Crippen molar-refractivity contribution in [3.63, 3.8) is 0 Å². The van der Waals surface area contributed by atoms with Gasteiger partial charge >= 0.3 is 0 Å². The van der Waals surface area contributed by atoms with E-state index in [0.717, 1.165) is 42.8 Å². The van der Waals surface area contributed by atoms with Gasteiger partial charge < -0.3 is 9.15 Å². The Bertz CT molecular complexity index is 560. The third kappa shape index (κ3) is 3.45. The van der Waals surface area contributed by atoms with E-state index in [2.05, 4.69) is 9.88 Å². The van der Waals surface area contributed by atoms with Crippen LogP contribution in [-0.2, 0) is 6.54 Å². The minimum atomic E-state index is 0.442. The molecule has 0 saturated carbocycles. The lowest BCUT2D eigenvalue weighted by atomic mass is 10.2. The first kappa shape index (κ1) is 14.1. The van der Waals surface area contributed by atoms with Crippen molar-refractivity contribution in [2.24, 2.45) is 0 Å². The van der Waals surface area contributed by atoms with Gasteiger partial charge in [0.05, 0.1) is 12.2 Å². The van der Waals surface area contributed by atoms with Crippen molar-refractivity contribution >= 4 is 0 Å². The van der Waals surface area contributed by atoms with Crippen LogP contribution < -0.4 is 4.74 Å². The largest absolute Gasteiger partial charge is 0.492 e. The Labute approximate surface area is 125 Å². The second-order valence-corrected chi connectivity index (χ2v) is 5.64. The number of ether oxygens (including phenoxy) is 1. The predicted molar refractivity (Wildman–Crippen MR) is 81.3 cm³/mol. The van der Waals surface area contributed by atoms with Crippen molar-refractivity contribution in [1.29, 1.82) is 0 Å². The van der Waals surface area contributed by atoms with E-state index >= 15 is 0 Å². The van der Waals surface area contributed by atoms with Crippen LogP contribution in [0.15, 0.2) is 34.7 Å². The number of aryl methyl sites for hydroxylation is 2. The summed E-state index contributed by atoms with van der Waals surface area (Å²) in [6, 6.07) is 10.4. The van der Waals surface area contributed by atoms with Crippen molar-refractivity contribution in [3.05, 3.63) is 47.7 Å². The lowest BCUT2D eigenvalue weighted by Gasteiger charge is -2.23. The fourth-order valence-corrected chi connectivity index (χ4v) is 2.78. The smallest absolute Gasteiger partial charge is 0.208 e. The van der Waals surface area contributed by atoms with Crippen LogP contribution in [0.3, 0.4) is 0 Å². The first-order chi connectivity index (χ1) is 10.2.